The second-order valence-electron chi connectivity index (χ2n) is 9.95. The van der Waals surface area contributed by atoms with Crippen LogP contribution in [0, 0.1) is 11.8 Å². The van der Waals surface area contributed by atoms with Crippen LogP contribution in [0.2, 0.25) is 0 Å². The Balaban J connectivity index is 1.86. The van der Waals surface area contributed by atoms with Crippen molar-refractivity contribution in [2.45, 2.75) is 69.2 Å². The molecule has 3 aliphatic heterocycles. The van der Waals surface area contributed by atoms with Crippen molar-refractivity contribution in [2.24, 2.45) is 11.8 Å². The van der Waals surface area contributed by atoms with Crippen LogP contribution in [0.3, 0.4) is 0 Å². The van der Waals surface area contributed by atoms with Crippen molar-refractivity contribution in [3.8, 4) is 0 Å². The van der Waals surface area contributed by atoms with Crippen LogP contribution in [0.4, 0.5) is 0 Å². The maximum absolute atomic E-state index is 14.2. The van der Waals surface area contributed by atoms with E-state index in [4.69, 9.17) is 4.74 Å². The first kappa shape index (κ1) is 25.4. The SMILES string of the molecule is C=CCN(CCCC)C(=O)C1N([C@H](CO)c2ccccc2)C(=O)[C@@H]2[C@@H](C(=O)O)[C@@]3(CC)CCC12O3. The lowest BCUT2D eigenvalue weighted by Crippen LogP contribution is -2.57. The Morgan fingerprint density at radius 2 is 2.00 bits per heavy atom. The van der Waals surface area contributed by atoms with Crippen molar-refractivity contribution in [3.05, 3.63) is 48.6 Å². The minimum absolute atomic E-state index is 0.276. The molecule has 2 N–H and O–H groups in total. The van der Waals surface area contributed by atoms with Crippen molar-refractivity contribution >= 4 is 17.8 Å². The maximum atomic E-state index is 14.2. The fourth-order valence-electron chi connectivity index (χ4n) is 6.65. The number of aliphatic hydroxyl groups excluding tert-OH is 1. The molecule has 0 radical (unpaired) electrons. The number of unbranched alkanes of at least 4 members (excludes halogenated alkanes) is 1. The van der Waals surface area contributed by atoms with Crippen molar-refractivity contribution in [2.75, 3.05) is 19.7 Å². The summed E-state index contributed by atoms with van der Waals surface area (Å²) in [4.78, 5) is 43.9. The van der Waals surface area contributed by atoms with Gasteiger partial charge in [0.05, 0.1) is 24.2 Å². The zero-order valence-corrected chi connectivity index (χ0v) is 20.6. The molecule has 6 atom stereocenters. The number of likely N-dealkylation sites (tertiary alicyclic amines) is 1. The van der Waals surface area contributed by atoms with E-state index in [1.165, 1.54) is 4.90 Å². The monoisotopic (exact) mass is 484 g/mol. The Kier molecular flexibility index (Phi) is 7.06. The molecular formula is C27H36N2O6. The molecule has 8 heteroatoms. The number of hydrogen-bond acceptors (Lipinski definition) is 5. The van der Waals surface area contributed by atoms with E-state index in [9.17, 15) is 24.6 Å². The number of ether oxygens (including phenoxy) is 1. The van der Waals surface area contributed by atoms with Crippen LogP contribution < -0.4 is 0 Å². The van der Waals surface area contributed by atoms with Gasteiger partial charge in [-0.1, -0.05) is 56.7 Å². The molecule has 1 aromatic rings. The van der Waals surface area contributed by atoms with E-state index in [0.29, 0.717) is 37.9 Å². The van der Waals surface area contributed by atoms with Gasteiger partial charge in [0.2, 0.25) is 11.8 Å². The van der Waals surface area contributed by atoms with E-state index < -0.39 is 53.6 Å². The van der Waals surface area contributed by atoms with Gasteiger partial charge in [-0.15, -0.1) is 6.58 Å². The van der Waals surface area contributed by atoms with Gasteiger partial charge in [-0.25, -0.2) is 0 Å². The molecule has 3 aliphatic rings. The number of carboxylic acids is 1. The average molecular weight is 485 g/mol. The smallest absolute Gasteiger partial charge is 0.310 e. The molecule has 0 aromatic heterocycles. The molecule has 1 spiro atoms. The van der Waals surface area contributed by atoms with Gasteiger partial charge in [0.15, 0.2) is 0 Å². The molecule has 8 nitrogen and oxygen atoms in total. The molecule has 0 saturated carbocycles. The Morgan fingerprint density at radius 3 is 2.57 bits per heavy atom. The fourth-order valence-corrected chi connectivity index (χ4v) is 6.65. The number of nitrogens with zero attached hydrogens (tertiary/aromatic N) is 2. The standard InChI is InChI=1S/C27H36N2O6/c1-4-7-16-28(15-5-2)24(32)22-27-14-13-26(6-3,35-27)21(25(33)34)20(27)23(31)29(22)19(17-30)18-11-9-8-10-12-18/h5,8-12,19-22,30H,2,4,6-7,13-17H2,1,3H3,(H,33,34)/t19-,20+,21+,22?,26-,27?/m1/s1. The molecule has 3 heterocycles. The third-order valence-electron chi connectivity index (χ3n) is 8.25. The number of benzene rings is 1. The molecule has 35 heavy (non-hydrogen) atoms. The molecule has 3 fully saturated rings. The summed E-state index contributed by atoms with van der Waals surface area (Å²) in [6.07, 6.45) is 4.69. The predicted molar refractivity (Wildman–Crippen MR) is 129 cm³/mol. The van der Waals surface area contributed by atoms with E-state index in [-0.39, 0.29) is 5.91 Å². The molecule has 3 saturated heterocycles. The molecule has 190 valence electrons. The highest BCUT2D eigenvalue weighted by molar-refractivity contribution is 5.98. The third-order valence-corrected chi connectivity index (χ3v) is 8.25. The third kappa shape index (κ3) is 3.78. The molecule has 2 unspecified atom stereocenters. The lowest BCUT2D eigenvalue weighted by atomic mass is 9.65. The number of carbonyl (C=O) groups excluding carboxylic acids is 2. The molecule has 2 amide bonds. The first-order valence-corrected chi connectivity index (χ1v) is 12.6. The summed E-state index contributed by atoms with van der Waals surface area (Å²) < 4.78 is 6.59. The van der Waals surface area contributed by atoms with Gasteiger partial charge >= 0.3 is 5.97 Å². The van der Waals surface area contributed by atoms with Crippen LogP contribution in [-0.4, -0.2) is 74.7 Å². The van der Waals surface area contributed by atoms with Crippen LogP contribution in [0.5, 0.6) is 0 Å². The van der Waals surface area contributed by atoms with Gasteiger partial charge in [-0.05, 0) is 31.2 Å². The predicted octanol–water partition coefficient (Wildman–Crippen LogP) is 2.77. The van der Waals surface area contributed by atoms with Crippen molar-refractivity contribution in [3.63, 3.8) is 0 Å². The molecule has 4 rings (SSSR count). The van der Waals surface area contributed by atoms with Crippen molar-refractivity contribution in [1.29, 1.82) is 0 Å². The van der Waals surface area contributed by atoms with E-state index >= 15 is 0 Å². The second-order valence-corrected chi connectivity index (χ2v) is 9.95. The van der Waals surface area contributed by atoms with Crippen LogP contribution in [-0.2, 0) is 19.1 Å². The summed E-state index contributed by atoms with van der Waals surface area (Å²) in [6.45, 7) is 8.13. The Labute approximate surface area is 206 Å². The first-order valence-electron chi connectivity index (χ1n) is 12.6. The quantitative estimate of drug-likeness (QED) is 0.468. The van der Waals surface area contributed by atoms with Crippen molar-refractivity contribution < 1.29 is 29.3 Å². The minimum Gasteiger partial charge on any atom is -0.481 e. The summed E-state index contributed by atoms with van der Waals surface area (Å²) in [5, 5.41) is 20.7. The van der Waals surface area contributed by atoms with E-state index in [1.807, 2.05) is 32.0 Å². The van der Waals surface area contributed by atoms with E-state index in [2.05, 4.69) is 6.58 Å². The highest BCUT2D eigenvalue weighted by atomic mass is 16.5. The van der Waals surface area contributed by atoms with E-state index in [0.717, 1.165) is 12.8 Å². The van der Waals surface area contributed by atoms with Crippen LogP contribution in [0.25, 0.3) is 0 Å². The second kappa shape index (κ2) is 9.74. The lowest BCUT2D eigenvalue weighted by Gasteiger charge is -2.39. The molecule has 0 aliphatic carbocycles. The largest absolute Gasteiger partial charge is 0.481 e. The normalized spacial score (nSPS) is 31.9. The van der Waals surface area contributed by atoms with Gasteiger partial charge in [0.1, 0.15) is 17.6 Å². The summed E-state index contributed by atoms with van der Waals surface area (Å²) in [5.74, 6) is -3.79. The summed E-state index contributed by atoms with van der Waals surface area (Å²) in [5.41, 5.74) is -1.51. The van der Waals surface area contributed by atoms with Crippen LogP contribution in [0.15, 0.2) is 43.0 Å². The molecule has 2 bridgehead atoms. The Hall–Kier alpha value is -2.71. The number of aliphatic hydroxyl groups is 1. The number of rotatable bonds is 11. The average Bonchev–Trinajstić information content (AvgIpc) is 3.46. The van der Waals surface area contributed by atoms with Gasteiger partial charge in [0.25, 0.3) is 0 Å². The number of amides is 2. The zero-order chi connectivity index (χ0) is 25.4. The van der Waals surface area contributed by atoms with Crippen LogP contribution in [0.1, 0.15) is 57.6 Å². The number of fused-ring (bicyclic) bond motifs is 1. The zero-order valence-electron chi connectivity index (χ0n) is 20.6. The molecular weight excluding hydrogens is 448 g/mol. The number of aliphatic carboxylic acids is 1. The number of carbonyl (C=O) groups is 3. The molecule has 1 aromatic carbocycles. The minimum atomic E-state index is -1.24. The topological polar surface area (TPSA) is 107 Å². The fraction of sp³-hybridized carbons (Fsp3) is 0.593. The van der Waals surface area contributed by atoms with Gasteiger partial charge < -0.3 is 24.7 Å². The summed E-state index contributed by atoms with van der Waals surface area (Å²) >= 11 is 0. The summed E-state index contributed by atoms with van der Waals surface area (Å²) in [7, 11) is 0. The lowest BCUT2D eigenvalue weighted by molar-refractivity contribution is -0.160. The van der Waals surface area contributed by atoms with Gasteiger partial charge in [-0.3, -0.25) is 14.4 Å². The highest BCUT2D eigenvalue weighted by Gasteiger charge is 2.79. The number of carboxylic acid groups (broad SMARTS) is 1. The summed E-state index contributed by atoms with van der Waals surface area (Å²) in [6, 6.07) is 7.27. The maximum Gasteiger partial charge on any atom is 0.310 e. The van der Waals surface area contributed by atoms with E-state index in [1.54, 1.807) is 23.1 Å². The highest BCUT2D eigenvalue weighted by Crippen LogP contribution is 2.65. The Bertz CT molecular complexity index is 983. The van der Waals surface area contributed by atoms with Crippen molar-refractivity contribution in [1.82, 2.24) is 9.80 Å². The first-order chi connectivity index (χ1) is 16.8. The Morgan fingerprint density at radius 1 is 1.29 bits per heavy atom. The van der Waals surface area contributed by atoms with Gasteiger partial charge in [0, 0.05) is 13.1 Å². The number of hydrogen-bond donors (Lipinski definition) is 2. The van der Waals surface area contributed by atoms with Crippen LogP contribution >= 0.6 is 0 Å². The van der Waals surface area contributed by atoms with Gasteiger partial charge in [-0.2, -0.15) is 0 Å².